The van der Waals surface area contributed by atoms with Crippen molar-refractivity contribution in [3.63, 3.8) is 0 Å². The molecule has 0 saturated heterocycles. The third-order valence-corrected chi connectivity index (χ3v) is 4.20. The van der Waals surface area contributed by atoms with Crippen molar-refractivity contribution in [1.82, 2.24) is 4.90 Å². The molecule has 0 amide bonds. The summed E-state index contributed by atoms with van der Waals surface area (Å²) in [6.07, 6.45) is 0. The van der Waals surface area contributed by atoms with E-state index in [1.54, 1.807) is 25.1 Å². The minimum Gasteiger partial charge on any atom is -0.494 e. The Labute approximate surface area is 143 Å². The summed E-state index contributed by atoms with van der Waals surface area (Å²) in [5.41, 5.74) is 2.23. The highest BCUT2D eigenvalue weighted by Crippen LogP contribution is 2.27. The second kappa shape index (κ2) is 8.06. The van der Waals surface area contributed by atoms with Gasteiger partial charge in [-0.25, -0.2) is 4.39 Å². The van der Waals surface area contributed by atoms with E-state index in [1.807, 2.05) is 44.0 Å². The van der Waals surface area contributed by atoms with Crippen molar-refractivity contribution in [2.45, 2.75) is 33.4 Å². The van der Waals surface area contributed by atoms with E-state index in [-0.39, 0.29) is 17.6 Å². The van der Waals surface area contributed by atoms with E-state index in [0.717, 1.165) is 11.3 Å². The van der Waals surface area contributed by atoms with Crippen molar-refractivity contribution in [3.05, 3.63) is 65.0 Å². The van der Waals surface area contributed by atoms with Crippen LogP contribution in [0, 0.1) is 5.82 Å². The van der Waals surface area contributed by atoms with E-state index < -0.39 is 0 Å². The van der Waals surface area contributed by atoms with Crippen LogP contribution < -0.4 is 4.74 Å². The SMILES string of the molecule is CCOc1ccc(C(C)=O)cc1CN(C)C(C)c1ccccc1F. The lowest BCUT2D eigenvalue weighted by Crippen LogP contribution is -2.23. The number of halogens is 1. The lowest BCUT2D eigenvalue weighted by atomic mass is 10.0. The zero-order valence-corrected chi connectivity index (χ0v) is 14.7. The molecule has 2 rings (SSSR count). The first kappa shape index (κ1) is 18.1. The molecule has 24 heavy (non-hydrogen) atoms. The molecule has 0 N–H and O–H groups in total. The minimum atomic E-state index is -0.209. The maximum Gasteiger partial charge on any atom is 0.159 e. The molecule has 4 heteroatoms. The average molecular weight is 329 g/mol. The van der Waals surface area contributed by atoms with Gasteiger partial charge in [-0.2, -0.15) is 0 Å². The maximum atomic E-state index is 14.0. The smallest absolute Gasteiger partial charge is 0.159 e. The van der Waals surface area contributed by atoms with E-state index in [2.05, 4.69) is 0 Å². The van der Waals surface area contributed by atoms with Crippen molar-refractivity contribution < 1.29 is 13.9 Å². The summed E-state index contributed by atoms with van der Waals surface area (Å²) in [5, 5.41) is 0. The van der Waals surface area contributed by atoms with E-state index in [0.29, 0.717) is 24.3 Å². The molecular weight excluding hydrogens is 305 g/mol. The van der Waals surface area contributed by atoms with Crippen LogP contribution in [0.15, 0.2) is 42.5 Å². The van der Waals surface area contributed by atoms with Gasteiger partial charge in [0.2, 0.25) is 0 Å². The highest BCUT2D eigenvalue weighted by atomic mass is 19.1. The molecule has 0 aromatic heterocycles. The summed E-state index contributed by atoms with van der Waals surface area (Å²) in [6.45, 7) is 6.55. The third-order valence-electron chi connectivity index (χ3n) is 4.20. The number of carbonyl (C=O) groups is 1. The molecule has 0 aliphatic carbocycles. The van der Waals surface area contributed by atoms with Crippen LogP contribution in [0.5, 0.6) is 5.75 Å². The van der Waals surface area contributed by atoms with Crippen LogP contribution in [0.1, 0.15) is 48.3 Å². The summed E-state index contributed by atoms with van der Waals surface area (Å²) in [5.74, 6) is 0.568. The summed E-state index contributed by atoms with van der Waals surface area (Å²) in [7, 11) is 1.94. The largest absolute Gasteiger partial charge is 0.494 e. The summed E-state index contributed by atoms with van der Waals surface area (Å²) in [6, 6.07) is 12.2. The van der Waals surface area contributed by atoms with Crippen LogP contribution in [0.2, 0.25) is 0 Å². The zero-order valence-electron chi connectivity index (χ0n) is 14.7. The van der Waals surface area contributed by atoms with E-state index >= 15 is 0 Å². The molecule has 0 aliphatic rings. The lowest BCUT2D eigenvalue weighted by molar-refractivity contribution is 0.101. The monoisotopic (exact) mass is 329 g/mol. The standard InChI is InChI=1S/C20H24FNO2/c1-5-24-20-11-10-16(15(3)23)12-17(20)13-22(4)14(2)18-8-6-7-9-19(18)21/h6-12,14H,5,13H2,1-4H3. The normalized spacial score (nSPS) is 12.2. The maximum absolute atomic E-state index is 14.0. The molecule has 1 atom stereocenters. The molecule has 128 valence electrons. The molecular formula is C20H24FNO2. The number of Topliss-reactive ketones (excluding diaryl/α,β-unsaturated/α-hetero) is 1. The van der Waals surface area contributed by atoms with Crippen molar-refractivity contribution in [3.8, 4) is 5.75 Å². The molecule has 2 aromatic rings. The number of benzene rings is 2. The second-order valence-corrected chi connectivity index (χ2v) is 5.92. The Kier molecular flexibility index (Phi) is 6.10. The van der Waals surface area contributed by atoms with Gasteiger partial charge in [0.05, 0.1) is 6.61 Å². The third kappa shape index (κ3) is 4.20. The zero-order chi connectivity index (χ0) is 17.7. The molecule has 1 unspecified atom stereocenters. The van der Waals surface area contributed by atoms with Gasteiger partial charge in [-0.1, -0.05) is 18.2 Å². The second-order valence-electron chi connectivity index (χ2n) is 5.92. The molecule has 0 bridgehead atoms. The van der Waals surface area contributed by atoms with Crippen LogP contribution in [0.3, 0.4) is 0 Å². The molecule has 0 spiro atoms. The van der Waals surface area contributed by atoms with Crippen LogP contribution in [-0.2, 0) is 6.54 Å². The Morgan fingerprint density at radius 3 is 2.58 bits per heavy atom. The first-order chi connectivity index (χ1) is 11.4. The van der Waals surface area contributed by atoms with Gasteiger partial charge in [0.25, 0.3) is 0 Å². The summed E-state index contributed by atoms with van der Waals surface area (Å²) in [4.78, 5) is 13.7. The van der Waals surface area contributed by atoms with Gasteiger partial charge in [0, 0.05) is 29.3 Å². The Morgan fingerprint density at radius 1 is 1.25 bits per heavy atom. The van der Waals surface area contributed by atoms with Crippen molar-refractivity contribution >= 4 is 5.78 Å². The molecule has 0 fully saturated rings. The number of nitrogens with zero attached hydrogens (tertiary/aromatic N) is 1. The first-order valence-electron chi connectivity index (χ1n) is 8.15. The van der Waals surface area contributed by atoms with E-state index in [4.69, 9.17) is 4.74 Å². The van der Waals surface area contributed by atoms with Crippen molar-refractivity contribution in [1.29, 1.82) is 0 Å². The fourth-order valence-corrected chi connectivity index (χ4v) is 2.68. The first-order valence-corrected chi connectivity index (χ1v) is 8.15. The van der Waals surface area contributed by atoms with Crippen molar-refractivity contribution in [2.75, 3.05) is 13.7 Å². The van der Waals surface area contributed by atoms with Crippen LogP contribution >= 0.6 is 0 Å². The summed E-state index contributed by atoms with van der Waals surface area (Å²) >= 11 is 0. The van der Waals surface area contributed by atoms with Crippen LogP contribution in [0.4, 0.5) is 4.39 Å². The Hall–Kier alpha value is -2.20. The topological polar surface area (TPSA) is 29.5 Å². The highest BCUT2D eigenvalue weighted by Gasteiger charge is 2.17. The number of rotatable bonds is 7. The predicted molar refractivity (Wildman–Crippen MR) is 93.9 cm³/mol. The van der Waals surface area contributed by atoms with Gasteiger partial charge >= 0.3 is 0 Å². The quantitative estimate of drug-likeness (QED) is 0.694. The number of ketones is 1. The average Bonchev–Trinajstić information content (AvgIpc) is 2.56. The van der Waals surface area contributed by atoms with E-state index in [9.17, 15) is 9.18 Å². The molecule has 0 radical (unpaired) electrons. The molecule has 0 aliphatic heterocycles. The van der Waals surface area contributed by atoms with Gasteiger partial charge in [-0.3, -0.25) is 9.69 Å². The minimum absolute atomic E-state index is 0.0177. The van der Waals surface area contributed by atoms with E-state index in [1.165, 1.54) is 6.07 Å². The number of hydrogen-bond donors (Lipinski definition) is 0. The fraction of sp³-hybridized carbons (Fsp3) is 0.350. The predicted octanol–water partition coefficient (Wildman–Crippen LogP) is 4.62. The van der Waals surface area contributed by atoms with Gasteiger partial charge in [-0.15, -0.1) is 0 Å². The van der Waals surface area contributed by atoms with Gasteiger partial charge < -0.3 is 4.74 Å². The van der Waals surface area contributed by atoms with Gasteiger partial charge in [-0.05, 0) is 52.1 Å². The number of ether oxygens (including phenoxy) is 1. The number of hydrogen-bond acceptors (Lipinski definition) is 3. The van der Waals surface area contributed by atoms with Gasteiger partial charge in [0.1, 0.15) is 11.6 Å². The molecule has 3 nitrogen and oxygen atoms in total. The Balaban J connectivity index is 2.26. The fourth-order valence-electron chi connectivity index (χ4n) is 2.68. The Morgan fingerprint density at radius 2 is 1.96 bits per heavy atom. The van der Waals surface area contributed by atoms with Gasteiger partial charge in [0.15, 0.2) is 5.78 Å². The van der Waals surface area contributed by atoms with Crippen LogP contribution in [-0.4, -0.2) is 24.3 Å². The number of carbonyl (C=O) groups excluding carboxylic acids is 1. The molecule has 2 aromatic carbocycles. The Bertz CT molecular complexity index is 715. The molecule has 0 saturated carbocycles. The lowest BCUT2D eigenvalue weighted by Gasteiger charge is -2.26. The van der Waals surface area contributed by atoms with Crippen molar-refractivity contribution in [2.24, 2.45) is 0 Å². The van der Waals surface area contributed by atoms with Crippen LogP contribution in [0.25, 0.3) is 0 Å². The summed E-state index contributed by atoms with van der Waals surface area (Å²) < 4.78 is 19.7. The molecule has 0 heterocycles. The highest BCUT2D eigenvalue weighted by molar-refractivity contribution is 5.94.